The molecule has 1 aliphatic heterocycles. The molecule has 1 saturated heterocycles. The molecular weight excluding hydrogens is 282 g/mol. The average molecular weight is 297 g/mol. The molecule has 21 heavy (non-hydrogen) atoms. The summed E-state index contributed by atoms with van der Waals surface area (Å²) in [6, 6.07) is 5.98. The number of ether oxygens (including phenoxy) is 2. The summed E-state index contributed by atoms with van der Waals surface area (Å²) in [5.41, 5.74) is 8.68. The predicted octanol–water partition coefficient (Wildman–Crippen LogP) is -0.193. The number of hydrogen-bond donors (Lipinski definition) is 4. The highest BCUT2D eigenvalue weighted by atomic mass is 16.7. The Bertz CT molecular complexity index is 516. The van der Waals surface area contributed by atoms with E-state index in [9.17, 15) is 15.3 Å². The van der Waals surface area contributed by atoms with Crippen LogP contribution >= 0.6 is 0 Å². The Morgan fingerprint density at radius 3 is 2.38 bits per heavy atom. The molecule has 0 unspecified atom stereocenters. The molecule has 0 bridgehead atoms. The van der Waals surface area contributed by atoms with E-state index in [-0.39, 0.29) is 0 Å². The fraction of sp³-hybridized carbons (Fsp3) is 0.500. The molecule has 1 fully saturated rings. The van der Waals surface area contributed by atoms with Crippen molar-refractivity contribution in [2.75, 3.05) is 6.61 Å². The second-order valence-corrected chi connectivity index (χ2v) is 4.50. The molecule has 0 radical (unpaired) electrons. The Labute approximate surface area is 119 Å². The van der Waals surface area contributed by atoms with Crippen LogP contribution in [0, 0.1) is 0 Å². The molecule has 1 heterocycles. The van der Waals surface area contributed by atoms with Gasteiger partial charge in [-0.05, 0) is 29.8 Å². The van der Waals surface area contributed by atoms with Gasteiger partial charge in [-0.1, -0.05) is 5.11 Å². The summed E-state index contributed by atoms with van der Waals surface area (Å²) < 4.78 is 10.6. The highest BCUT2D eigenvalue weighted by molar-refractivity contribution is 5.41. The maximum atomic E-state index is 9.81. The van der Waals surface area contributed by atoms with Crippen LogP contribution in [0.15, 0.2) is 29.4 Å². The molecule has 114 valence electrons. The van der Waals surface area contributed by atoms with Gasteiger partial charge >= 0.3 is 0 Å². The van der Waals surface area contributed by atoms with Gasteiger partial charge in [-0.2, -0.15) is 0 Å². The van der Waals surface area contributed by atoms with Crippen LogP contribution in [0.1, 0.15) is 0 Å². The average Bonchev–Trinajstić information content (AvgIpc) is 2.50. The number of rotatable bonds is 4. The first-order valence-corrected chi connectivity index (χ1v) is 6.19. The quantitative estimate of drug-likeness (QED) is 0.344. The predicted molar refractivity (Wildman–Crippen MR) is 69.6 cm³/mol. The second-order valence-electron chi connectivity index (χ2n) is 4.50. The summed E-state index contributed by atoms with van der Waals surface area (Å²) in [5.74, 6) is 0.302. The van der Waals surface area contributed by atoms with Crippen molar-refractivity contribution >= 4 is 5.69 Å². The van der Waals surface area contributed by atoms with Crippen molar-refractivity contribution in [2.45, 2.75) is 30.7 Å². The highest BCUT2D eigenvalue weighted by Gasteiger charge is 2.44. The highest BCUT2D eigenvalue weighted by Crippen LogP contribution is 2.25. The van der Waals surface area contributed by atoms with Gasteiger partial charge in [0, 0.05) is 10.6 Å². The lowest BCUT2D eigenvalue weighted by Gasteiger charge is -2.39. The fourth-order valence-electron chi connectivity index (χ4n) is 1.94. The first kappa shape index (κ1) is 15.5. The molecule has 0 spiro atoms. The molecular formula is C12H15N3O6. The minimum absolute atomic E-state index is 0.302. The van der Waals surface area contributed by atoms with Gasteiger partial charge in [0.15, 0.2) is 0 Å². The Hall–Kier alpha value is -1.87. The molecule has 4 N–H and O–H groups in total. The number of nitrogens with zero attached hydrogens (tertiary/aromatic N) is 3. The van der Waals surface area contributed by atoms with Gasteiger partial charge in [-0.25, -0.2) is 0 Å². The number of benzene rings is 1. The van der Waals surface area contributed by atoms with Crippen LogP contribution in [0.2, 0.25) is 0 Å². The molecule has 1 aliphatic rings. The molecule has 0 aliphatic carbocycles. The zero-order valence-corrected chi connectivity index (χ0v) is 10.9. The summed E-state index contributed by atoms with van der Waals surface area (Å²) in [4.78, 5) is 2.63. The van der Waals surface area contributed by atoms with E-state index in [2.05, 4.69) is 10.0 Å². The Morgan fingerprint density at radius 1 is 1.14 bits per heavy atom. The molecule has 0 aromatic heterocycles. The van der Waals surface area contributed by atoms with Crippen LogP contribution in [-0.4, -0.2) is 57.7 Å². The lowest BCUT2D eigenvalue weighted by atomic mass is 9.99. The smallest absolute Gasteiger partial charge is 0.229 e. The molecule has 5 atom stereocenters. The molecule has 2 rings (SSSR count). The standard InChI is InChI=1S/C12H15N3O6/c13-15-14-6-1-3-7(4-2-6)20-12-11(19)10(18)9(17)8(5-16)21-12/h1-4,8-12,16-19H,5H2/t8-,9-,10+,11-,12-/m1/s1. The largest absolute Gasteiger partial charge is 0.462 e. The monoisotopic (exact) mass is 297 g/mol. The normalized spacial score (nSPS) is 32.3. The fourth-order valence-corrected chi connectivity index (χ4v) is 1.94. The Morgan fingerprint density at radius 2 is 1.81 bits per heavy atom. The van der Waals surface area contributed by atoms with Crippen molar-refractivity contribution in [3.05, 3.63) is 34.7 Å². The lowest BCUT2D eigenvalue weighted by Crippen LogP contribution is -2.60. The van der Waals surface area contributed by atoms with Crippen molar-refractivity contribution in [1.29, 1.82) is 0 Å². The lowest BCUT2D eigenvalue weighted by molar-refractivity contribution is -0.277. The summed E-state index contributed by atoms with van der Waals surface area (Å²) in [5, 5.41) is 41.5. The van der Waals surface area contributed by atoms with E-state index in [1.54, 1.807) is 0 Å². The van der Waals surface area contributed by atoms with E-state index in [0.29, 0.717) is 11.4 Å². The minimum Gasteiger partial charge on any atom is -0.462 e. The number of aliphatic hydroxyl groups is 4. The Kier molecular flexibility index (Phi) is 4.97. The maximum absolute atomic E-state index is 9.81. The third kappa shape index (κ3) is 3.42. The van der Waals surface area contributed by atoms with E-state index in [1.165, 1.54) is 24.3 Å². The molecule has 1 aromatic rings. The third-order valence-electron chi connectivity index (χ3n) is 3.10. The third-order valence-corrected chi connectivity index (χ3v) is 3.10. The maximum Gasteiger partial charge on any atom is 0.229 e. The number of aliphatic hydroxyl groups excluding tert-OH is 4. The summed E-state index contributed by atoms with van der Waals surface area (Å²) in [7, 11) is 0. The van der Waals surface area contributed by atoms with Crippen LogP contribution in [0.5, 0.6) is 5.75 Å². The van der Waals surface area contributed by atoms with Crippen molar-refractivity contribution in [1.82, 2.24) is 0 Å². The van der Waals surface area contributed by atoms with E-state index < -0.39 is 37.3 Å². The first-order chi connectivity index (χ1) is 10.1. The van der Waals surface area contributed by atoms with Gasteiger partial charge in [0.2, 0.25) is 6.29 Å². The van der Waals surface area contributed by atoms with Crippen LogP contribution in [0.4, 0.5) is 5.69 Å². The van der Waals surface area contributed by atoms with Crippen molar-refractivity contribution in [2.24, 2.45) is 5.11 Å². The van der Waals surface area contributed by atoms with Crippen LogP contribution in [-0.2, 0) is 4.74 Å². The van der Waals surface area contributed by atoms with Crippen LogP contribution < -0.4 is 4.74 Å². The van der Waals surface area contributed by atoms with Gasteiger partial charge in [0.25, 0.3) is 0 Å². The van der Waals surface area contributed by atoms with Gasteiger partial charge in [-0.15, -0.1) is 0 Å². The molecule has 9 nitrogen and oxygen atoms in total. The van der Waals surface area contributed by atoms with Crippen molar-refractivity contribution < 1.29 is 29.9 Å². The Balaban J connectivity index is 2.08. The van der Waals surface area contributed by atoms with E-state index in [4.69, 9.17) is 20.1 Å². The zero-order chi connectivity index (χ0) is 15.4. The first-order valence-electron chi connectivity index (χ1n) is 6.19. The topological polar surface area (TPSA) is 148 Å². The molecule has 0 amide bonds. The SMILES string of the molecule is [N-]=[N+]=Nc1ccc(O[C@@H]2O[C@H](CO)[C@@H](O)[C@H](O)[C@H]2O)cc1. The summed E-state index contributed by atoms with van der Waals surface area (Å²) in [6.45, 7) is -0.527. The van der Waals surface area contributed by atoms with Crippen molar-refractivity contribution in [3.63, 3.8) is 0 Å². The second kappa shape index (κ2) is 6.72. The van der Waals surface area contributed by atoms with Gasteiger partial charge in [0.1, 0.15) is 30.2 Å². The van der Waals surface area contributed by atoms with Gasteiger partial charge in [-0.3, -0.25) is 0 Å². The van der Waals surface area contributed by atoms with Crippen LogP contribution in [0.3, 0.4) is 0 Å². The molecule has 9 heteroatoms. The van der Waals surface area contributed by atoms with E-state index in [1.807, 2.05) is 0 Å². The molecule has 1 aromatic carbocycles. The van der Waals surface area contributed by atoms with Gasteiger partial charge < -0.3 is 29.9 Å². The summed E-state index contributed by atoms with van der Waals surface area (Å²) in [6.07, 6.45) is -6.68. The van der Waals surface area contributed by atoms with Gasteiger partial charge in [0.05, 0.1) is 6.61 Å². The van der Waals surface area contributed by atoms with E-state index in [0.717, 1.165) is 0 Å². The number of azide groups is 1. The molecule has 0 saturated carbocycles. The van der Waals surface area contributed by atoms with E-state index >= 15 is 0 Å². The number of hydrogen-bond acceptors (Lipinski definition) is 7. The zero-order valence-electron chi connectivity index (χ0n) is 10.9. The van der Waals surface area contributed by atoms with Crippen LogP contribution in [0.25, 0.3) is 10.4 Å². The van der Waals surface area contributed by atoms with Crippen molar-refractivity contribution in [3.8, 4) is 5.75 Å². The summed E-state index contributed by atoms with van der Waals surface area (Å²) >= 11 is 0. The minimum atomic E-state index is -1.50.